The topological polar surface area (TPSA) is 68.3 Å². The molecule has 0 radical (unpaired) electrons. The van der Waals surface area contributed by atoms with Gasteiger partial charge < -0.3 is 10.1 Å². The predicted molar refractivity (Wildman–Crippen MR) is 116 cm³/mol. The van der Waals surface area contributed by atoms with Gasteiger partial charge in [-0.25, -0.2) is 0 Å². The van der Waals surface area contributed by atoms with E-state index in [4.69, 9.17) is 16.3 Å². The molecule has 148 valence electrons. The highest BCUT2D eigenvalue weighted by molar-refractivity contribution is 9.10. The second-order valence-electron chi connectivity index (χ2n) is 6.18. The van der Waals surface area contributed by atoms with Gasteiger partial charge in [-0.2, -0.15) is 0 Å². The van der Waals surface area contributed by atoms with E-state index in [0.717, 1.165) is 0 Å². The lowest BCUT2D eigenvalue weighted by molar-refractivity contribution is 0.0950. The Morgan fingerprint density at radius 1 is 1.07 bits per heavy atom. The van der Waals surface area contributed by atoms with Gasteiger partial charge in [0.05, 0.1) is 12.2 Å². The number of carbonyl (C=O) groups excluding carboxylic acids is 2. The van der Waals surface area contributed by atoms with Gasteiger partial charge in [0.15, 0.2) is 5.78 Å². The Kier molecular flexibility index (Phi) is 7.38. The zero-order chi connectivity index (χ0) is 20.6. The molecule has 0 atom stereocenters. The molecule has 1 aromatic heterocycles. The summed E-state index contributed by atoms with van der Waals surface area (Å²) in [4.78, 5) is 28.5. The molecule has 0 aliphatic rings. The van der Waals surface area contributed by atoms with E-state index < -0.39 is 0 Å². The number of ether oxygens (including phenoxy) is 1. The zero-order valence-electron chi connectivity index (χ0n) is 15.4. The van der Waals surface area contributed by atoms with Crippen LogP contribution in [-0.4, -0.2) is 29.8 Å². The second-order valence-corrected chi connectivity index (χ2v) is 7.47. The molecule has 1 heterocycles. The molecule has 0 spiro atoms. The molecule has 7 heteroatoms. The molecule has 0 saturated heterocycles. The van der Waals surface area contributed by atoms with Crippen LogP contribution in [0.2, 0.25) is 5.02 Å². The first kappa shape index (κ1) is 21.0. The quantitative estimate of drug-likeness (QED) is 0.372. The van der Waals surface area contributed by atoms with Crippen molar-refractivity contribution in [1.29, 1.82) is 0 Å². The van der Waals surface area contributed by atoms with Crippen LogP contribution in [0.25, 0.3) is 0 Å². The first-order chi connectivity index (χ1) is 14.0. The molecule has 3 rings (SSSR count). The van der Waals surface area contributed by atoms with Crippen molar-refractivity contribution in [1.82, 2.24) is 10.3 Å². The van der Waals surface area contributed by atoms with E-state index in [0.29, 0.717) is 51.5 Å². The van der Waals surface area contributed by atoms with E-state index in [2.05, 4.69) is 26.2 Å². The first-order valence-electron chi connectivity index (χ1n) is 8.95. The highest BCUT2D eigenvalue weighted by Gasteiger charge is 2.13. The average molecular weight is 474 g/mol. The molecule has 0 aliphatic heterocycles. The number of rotatable bonds is 8. The smallest absolute Gasteiger partial charge is 0.252 e. The second kappa shape index (κ2) is 10.2. The molecular weight excluding hydrogens is 456 g/mol. The van der Waals surface area contributed by atoms with Crippen LogP contribution in [0.1, 0.15) is 32.7 Å². The van der Waals surface area contributed by atoms with Crippen molar-refractivity contribution in [3.63, 3.8) is 0 Å². The third kappa shape index (κ3) is 5.89. The third-order valence-electron chi connectivity index (χ3n) is 4.09. The minimum Gasteiger partial charge on any atom is -0.494 e. The lowest BCUT2D eigenvalue weighted by Gasteiger charge is -2.09. The molecule has 1 N–H and O–H groups in total. The number of nitrogens with zero attached hydrogens (tertiary/aromatic N) is 1. The molecule has 5 nitrogen and oxygen atoms in total. The van der Waals surface area contributed by atoms with Crippen molar-refractivity contribution in [2.24, 2.45) is 0 Å². The molecule has 2 aromatic carbocycles. The Morgan fingerprint density at radius 2 is 1.86 bits per heavy atom. The maximum atomic E-state index is 12.6. The van der Waals surface area contributed by atoms with Gasteiger partial charge in [-0.1, -0.05) is 27.5 Å². The van der Waals surface area contributed by atoms with E-state index >= 15 is 0 Å². The number of aromatic nitrogens is 1. The molecule has 3 aromatic rings. The summed E-state index contributed by atoms with van der Waals surface area (Å²) in [6.07, 6.45) is 3.80. The monoisotopic (exact) mass is 472 g/mol. The lowest BCUT2D eigenvalue weighted by Crippen LogP contribution is -2.25. The van der Waals surface area contributed by atoms with Crippen LogP contribution < -0.4 is 10.1 Å². The van der Waals surface area contributed by atoms with Crippen molar-refractivity contribution in [2.75, 3.05) is 13.2 Å². The molecule has 29 heavy (non-hydrogen) atoms. The Balaban J connectivity index is 1.46. The van der Waals surface area contributed by atoms with Gasteiger partial charge in [0.2, 0.25) is 0 Å². The Labute approximate surface area is 182 Å². The van der Waals surface area contributed by atoms with Crippen molar-refractivity contribution >= 4 is 39.2 Å². The largest absolute Gasteiger partial charge is 0.494 e. The number of ketones is 1. The van der Waals surface area contributed by atoms with E-state index in [9.17, 15) is 9.59 Å². The number of halogens is 2. The summed E-state index contributed by atoms with van der Waals surface area (Å²) >= 11 is 9.37. The molecule has 0 aliphatic carbocycles. The van der Waals surface area contributed by atoms with E-state index in [1.54, 1.807) is 60.8 Å². The maximum Gasteiger partial charge on any atom is 0.252 e. The predicted octanol–water partition coefficient (Wildman–Crippen LogP) is 4.93. The highest BCUT2D eigenvalue weighted by Crippen LogP contribution is 2.24. The lowest BCUT2D eigenvalue weighted by atomic mass is 10.0. The highest BCUT2D eigenvalue weighted by atomic mass is 79.9. The van der Waals surface area contributed by atoms with Gasteiger partial charge in [0.1, 0.15) is 5.75 Å². The number of hydrogen-bond acceptors (Lipinski definition) is 4. The van der Waals surface area contributed by atoms with Crippen LogP contribution in [-0.2, 0) is 0 Å². The normalized spacial score (nSPS) is 10.4. The summed E-state index contributed by atoms with van der Waals surface area (Å²) in [5, 5.41) is 3.33. The van der Waals surface area contributed by atoms with Crippen LogP contribution in [0, 0.1) is 0 Å². The fourth-order valence-corrected chi connectivity index (χ4v) is 3.19. The van der Waals surface area contributed by atoms with Gasteiger partial charge in [-0.3, -0.25) is 14.6 Å². The summed E-state index contributed by atoms with van der Waals surface area (Å²) in [5.41, 5.74) is 1.58. The van der Waals surface area contributed by atoms with Crippen molar-refractivity contribution < 1.29 is 14.3 Å². The number of amides is 1. The van der Waals surface area contributed by atoms with Crippen LogP contribution in [0.15, 0.2) is 71.5 Å². The summed E-state index contributed by atoms with van der Waals surface area (Å²) in [6, 6.07) is 15.5. The molecule has 0 unspecified atom stereocenters. The fraction of sp³-hybridized carbons (Fsp3) is 0.136. The Bertz CT molecular complexity index is 995. The van der Waals surface area contributed by atoms with E-state index in [1.807, 2.05) is 0 Å². The molecule has 1 amide bonds. The molecule has 0 bridgehead atoms. The summed E-state index contributed by atoms with van der Waals surface area (Å²) < 4.78 is 6.37. The number of benzene rings is 2. The minimum absolute atomic E-state index is 0.121. The number of pyridine rings is 1. The summed E-state index contributed by atoms with van der Waals surface area (Å²) in [5.74, 6) is 0.377. The van der Waals surface area contributed by atoms with Crippen molar-refractivity contribution in [3.8, 4) is 5.75 Å². The van der Waals surface area contributed by atoms with E-state index in [-0.39, 0.29) is 11.7 Å². The number of hydrogen-bond donors (Lipinski definition) is 1. The minimum atomic E-state index is -0.159. The van der Waals surface area contributed by atoms with Gasteiger partial charge in [-0.05, 0) is 61.0 Å². The Hall–Kier alpha value is -2.70. The SMILES string of the molecule is O=C(NCCCOc1ccc(C(=O)c2cc(Cl)ccc2Br)cc1)c1cccnc1. The van der Waals surface area contributed by atoms with Crippen molar-refractivity contribution in [3.05, 3.63) is 93.2 Å². The van der Waals surface area contributed by atoms with Crippen LogP contribution in [0.4, 0.5) is 0 Å². The number of nitrogens with one attached hydrogen (secondary N) is 1. The van der Waals surface area contributed by atoms with Crippen LogP contribution in [0.3, 0.4) is 0 Å². The fourth-order valence-electron chi connectivity index (χ4n) is 2.59. The first-order valence-corrected chi connectivity index (χ1v) is 10.1. The maximum absolute atomic E-state index is 12.6. The molecule has 0 saturated carbocycles. The zero-order valence-corrected chi connectivity index (χ0v) is 17.7. The number of carbonyl (C=O) groups is 2. The Morgan fingerprint density at radius 3 is 2.59 bits per heavy atom. The van der Waals surface area contributed by atoms with Crippen LogP contribution >= 0.6 is 27.5 Å². The van der Waals surface area contributed by atoms with Gasteiger partial charge >= 0.3 is 0 Å². The summed E-state index contributed by atoms with van der Waals surface area (Å²) in [7, 11) is 0. The molecule has 0 fully saturated rings. The standard InChI is InChI=1S/C22H18BrClN2O3/c23-20-9-6-17(24)13-19(20)21(27)15-4-7-18(8-5-15)29-12-2-11-26-22(28)16-3-1-10-25-14-16/h1,3-10,13-14H,2,11-12H2,(H,26,28). The van der Waals surface area contributed by atoms with Crippen molar-refractivity contribution in [2.45, 2.75) is 6.42 Å². The van der Waals surface area contributed by atoms with Crippen LogP contribution in [0.5, 0.6) is 5.75 Å². The van der Waals surface area contributed by atoms with Gasteiger partial charge in [0, 0.05) is 39.6 Å². The molecular formula is C22H18BrClN2O3. The summed E-state index contributed by atoms with van der Waals surface area (Å²) in [6.45, 7) is 0.938. The van der Waals surface area contributed by atoms with Gasteiger partial charge in [-0.15, -0.1) is 0 Å². The van der Waals surface area contributed by atoms with Gasteiger partial charge in [0.25, 0.3) is 5.91 Å². The van der Waals surface area contributed by atoms with E-state index in [1.165, 1.54) is 6.20 Å². The third-order valence-corrected chi connectivity index (χ3v) is 5.02. The average Bonchev–Trinajstić information content (AvgIpc) is 2.75.